The molecule has 12 nitrogen and oxygen atoms in total. The highest BCUT2D eigenvalue weighted by Crippen LogP contribution is 2.33. The third kappa shape index (κ3) is 5.51. The van der Waals surface area contributed by atoms with Gasteiger partial charge in [0.2, 0.25) is 0 Å². The molecule has 1 unspecified atom stereocenters. The number of benzene rings is 2. The summed E-state index contributed by atoms with van der Waals surface area (Å²) in [6.45, 7) is 2.86. The zero-order valence-corrected chi connectivity index (χ0v) is 19.4. The molecule has 1 aliphatic heterocycles. The number of nitro groups is 2. The molecule has 0 saturated carbocycles. The van der Waals surface area contributed by atoms with Crippen molar-refractivity contribution in [2.75, 3.05) is 29.9 Å². The molecule has 1 atom stereocenters. The first-order valence-electron chi connectivity index (χ1n) is 10.8. The van der Waals surface area contributed by atoms with Crippen molar-refractivity contribution < 1.29 is 24.2 Å². The molecule has 182 valence electrons. The molecule has 0 radical (unpaired) electrons. The van der Waals surface area contributed by atoms with Crippen LogP contribution >= 0.6 is 11.3 Å². The van der Waals surface area contributed by atoms with E-state index in [9.17, 15) is 29.8 Å². The predicted octanol–water partition coefficient (Wildman–Crippen LogP) is 4.14. The summed E-state index contributed by atoms with van der Waals surface area (Å²) >= 11 is 1.04. The van der Waals surface area contributed by atoms with E-state index < -0.39 is 28.3 Å². The van der Waals surface area contributed by atoms with Crippen LogP contribution in [0, 0.1) is 26.1 Å². The fraction of sp³-hybridized carbons (Fsp3) is 0.318. The lowest BCUT2D eigenvalue weighted by Gasteiger charge is -2.32. The van der Waals surface area contributed by atoms with Gasteiger partial charge in [-0.05, 0) is 37.0 Å². The highest BCUT2D eigenvalue weighted by molar-refractivity contribution is 7.22. The first-order valence-corrected chi connectivity index (χ1v) is 11.6. The molecule has 0 aliphatic carbocycles. The van der Waals surface area contributed by atoms with Gasteiger partial charge in [-0.3, -0.25) is 30.3 Å². The highest BCUT2D eigenvalue weighted by atomic mass is 32.1. The Morgan fingerprint density at radius 3 is 2.71 bits per heavy atom. The number of rotatable bonds is 7. The molecule has 1 N–H and O–H groups in total. The van der Waals surface area contributed by atoms with Crippen LogP contribution in [0.4, 0.5) is 22.2 Å². The summed E-state index contributed by atoms with van der Waals surface area (Å²) in [5.74, 6) is -1.13. The Labute approximate surface area is 202 Å². The van der Waals surface area contributed by atoms with Crippen molar-refractivity contribution >= 4 is 55.6 Å². The summed E-state index contributed by atoms with van der Waals surface area (Å²) in [5.41, 5.74) is 0.602. The van der Waals surface area contributed by atoms with E-state index in [1.807, 2.05) is 4.90 Å². The fourth-order valence-electron chi connectivity index (χ4n) is 3.92. The zero-order chi connectivity index (χ0) is 25.1. The molecule has 1 saturated heterocycles. The number of carbonyl (C=O) groups excluding carboxylic acids is 2. The first kappa shape index (κ1) is 24.0. The second-order valence-electron chi connectivity index (χ2n) is 8.21. The summed E-state index contributed by atoms with van der Waals surface area (Å²) in [7, 11) is 0. The topological polar surface area (TPSA) is 158 Å². The summed E-state index contributed by atoms with van der Waals surface area (Å²) < 4.78 is 5.54. The maximum absolute atomic E-state index is 12.4. The Kier molecular flexibility index (Phi) is 6.87. The third-order valence-corrected chi connectivity index (χ3v) is 6.50. The number of piperidine rings is 1. The van der Waals surface area contributed by atoms with Crippen LogP contribution in [0.1, 0.15) is 30.1 Å². The number of thiazole rings is 1. The van der Waals surface area contributed by atoms with Gasteiger partial charge in [-0.1, -0.05) is 18.3 Å². The second-order valence-corrected chi connectivity index (χ2v) is 9.24. The molecule has 2 heterocycles. The van der Waals surface area contributed by atoms with E-state index in [1.54, 1.807) is 0 Å². The number of hydrogen-bond donors (Lipinski definition) is 1. The van der Waals surface area contributed by atoms with Crippen molar-refractivity contribution in [1.82, 2.24) is 4.98 Å². The van der Waals surface area contributed by atoms with Crippen LogP contribution in [-0.4, -0.2) is 46.4 Å². The van der Waals surface area contributed by atoms with Gasteiger partial charge < -0.3 is 9.64 Å². The van der Waals surface area contributed by atoms with Crippen LogP contribution in [-0.2, 0) is 9.53 Å². The van der Waals surface area contributed by atoms with Gasteiger partial charge in [-0.25, -0.2) is 9.78 Å². The van der Waals surface area contributed by atoms with E-state index in [0.29, 0.717) is 34.9 Å². The van der Waals surface area contributed by atoms with Gasteiger partial charge >= 0.3 is 5.97 Å². The minimum absolute atomic E-state index is 0.0365. The maximum atomic E-state index is 12.4. The number of hydrogen-bond acceptors (Lipinski definition) is 10. The molecule has 1 aliphatic rings. The van der Waals surface area contributed by atoms with Gasteiger partial charge in [0, 0.05) is 31.3 Å². The lowest BCUT2D eigenvalue weighted by atomic mass is 9.99. The second kappa shape index (κ2) is 10.0. The van der Waals surface area contributed by atoms with E-state index in [0.717, 1.165) is 30.2 Å². The Hall–Kier alpha value is -4.13. The van der Waals surface area contributed by atoms with Crippen molar-refractivity contribution in [2.24, 2.45) is 5.92 Å². The minimum Gasteiger partial charge on any atom is -0.452 e. The lowest BCUT2D eigenvalue weighted by molar-refractivity contribution is -0.384. The minimum atomic E-state index is -0.873. The molecule has 0 spiro atoms. The number of nitrogens with one attached hydrogen (secondary N) is 1. The fourth-order valence-corrected chi connectivity index (χ4v) is 4.84. The number of nitro benzene ring substituents is 2. The third-order valence-electron chi connectivity index (χ3n) is 5.57. The first-order chi connectivity index (χ1) is 16.7. The zero-order valence-electron chi connectivity index (χ0n) is 18.6. The average Bonchev–Trinajstić information content (AvgIpc) is 3.23. The van der Waals surface area contributed by atoms with Crippen LogP contribution in [0.2, 0.25) is 0 Å². The summed E-state index contributed by atoms with van der Waals surface area (Å²) in [5, 5.41) is 25.2. The van der Waals surface area contributed by atoms with Crippen molar-refractivity contribution in [3.05, 3.63) is 62.2 Å². The van der Waals surface area contributed by atoms with E-state index >= 15 is 0 Å². The maximum Gasteiger partial charge on any atom is 0.338 e. The van der Waals surface area contributed by atoms with Crippen LogP contribution in [0.25, 0.3) is 10.2 Å². The number of non-ortho nitro benzene ring substituents is 1. The molecule has 13 heteroatoms. The number of ether oxygens (including phenoxy) is 1. The van der Waals surface area contributed by atoms with E-state index in [2.05, 4.69) is 17.2 Å². The van der Waals surface area contributed by atoms with Crippen LogP contribution in [0.5, 0.6) is 0 Å². The molecule has 2 aromatic carbocycles. The lowest BCUT2D eigenvalue weighted by Crippen LogP contribution is -2.34. The molecular weight excluding hydrogens is 478 g/mol. The van der Waals surface area contributed by atoms with Crippen LogP contribution < -0.4 is 10.2 Å². The quantitative estimate of drug-likeness (QED) is 0.286. The number of nitrogens with zero attached hydrogens (tertiary/aromatic N) is 4. The van der Waals surface area contributed by atoms with Crippen molar-refractivity contribution in [1.29, 1.82) is 0 Å². The van der Waals surface area contributed by atoms with Crippen LogP contribution in [0.15, 0.2) is 36.4 Å². The highest BCUT2D eigenvalue weighted by Gasteiger charge is 2.25. The largest absolute Gasteiger partial charge is 0.452 e. The Bertz CT molecular complexity index is 1320. The van der Waals surface area contributed by atoms with Gasteiger partial charge in [0.1, 0.15) is 5.69 Å². The Balaban J connectivity index is 1.40. The number of aromatic nitrogens is 1. The van der Waals surface area contributed by atoms with Crippen molar-refractivity contribution in [2.45, 2.75) is 19.8 Å². The van der Waals surface area contributed by atoms with Gasteiger partial charge in [0.25, 0.3) is 17.3 Å². The predicted molar refractivity (Wildman–Crippen MR) is 129 cm³/mol. The number of esters is 1. The molecule has 1 fully saturated rings. The molecule has 1 aromatic heterocycles. The van der Waals surface area contributed by atoms with Gasteiger partial charge in [0.15, 0.2) is 11.7 Å². The smallest absolute Gasteiger partial charge is 0.338 e. The average molecular weight is 500 g/mol. The summed E-state index contributed by atoms with van der Waals surface area (Å²) in [6.07, 6.45) is 2.00. The number of amides is 1. The molecule has 3 aromatic rings. The SMILES string of the molecule is CC1CCCN(c2ccc(C(=O)OCC(=O)Nc3nc4ccc([N+](=O)[O-])cc4s3)cc2[N+](=O)[O-])C1. The van der Waals surface area contributed by atoms with Gasteiger partial charge in [-0.2, -0.15) is 0 Å². The molecule has 4 rings (SSSR count). The Morgan fingerprint density at radius 2 is 2.00 bits per heavy atom. The molecule has 1 amide bonds. The van der Waals surface area contributed by atoms with Crippen molar-refractivity contribution in [3.63, 3.8) is 0 Å². The van der Waals surface area contributed by atoms with E-state index in [1.165, 1.54) is 30.3 Å². The summed E-state index contributed by atoms with van der Waals surface area (Å²) in [6, 6.07) is 8.28. The number of fused-ring (bicyclic) bond motifs is 1. The van der Waals surface area contributed by atoms with Crippen LogP contribution in [0.3, 0.4) is 0 Å². The van der Waals surface area contributed by atoms with E-state index in [-0.39, 0.29) is 22.1 Å². The Morgan fingerprint density at radius 1 is 1.20 bits per heavy atom. The normalized spacial score (nSPS) is 15.6. The number of carbonyl (C=O) groups is 2. The summed E-state index contributed by atoms with van der Waals surface area (Å²) in [4.78, 5) is 52.3. The van der Waals surface area contributed by atoms with Gasteiger partial charge in [-0.15, -0.1) is 0 Å². The van der Waals surface area contributed by atoms with Crippen molar-refractivity contribution in [3.8, 4) is 0 Å². The monoisotopic (exact) mass is 499 g/mol. The van der Waals surface area contributed by atoms with Gasteiger partial charge in [0.05, 0.1) is 25.6 Å². The van der Waals surface area contributed by atoms with E-state index in [4.69, 9.17) is 4.74 Å². The number of anilines is 2. The molecule has 35 heavy (non-hydrogen) atoms. The molecule has 0 bridgehead atoms. The standard InChI is InChI=1S/C22H21N5O7S/c1-13-3-2-8-25(11-13)17-7-4-14(9-18(17)27(32)33)21(29)34-12-20(28)24-22-23-16-6-5-15(26(30)31)10-19(16)35-22/h4-7,9-10,13H,2-3,8,11-12H2,1H3,(H,23,24,28). The molecular formula is C22H21N5O7S.